The highest BCUT2D eigenvalue weighted by Gasteiger charge is 2.21. The summed E-state index contributed by atoms with van der Waals surface area (Å²) in [6.07, 6.45) is 3.66. The van der Waals surface area contributed by atoms with Crippen molar-refractivity contribution in [1.29, 1.82) is 0 Å². The van der Waals surface area contributed by atoms with Gasteiger partial charge in [-0.05, 0) is 20.3 Å². The largest absolute Gasteiger partial charge is 0.377 e. The SMILES string of the molecule is CCCNc1ncc(S(=O)(=O)N(C)CCOC(C)C)cn1. The summed E-state index contributed by atoms with van der Waals surface area (Å²) in [5, 5.41) is 3.00. The molecule has 21 heavy (non-hydrogen) atoms. The molecule has 120 valence electrons. The molecule has 8 heteroatoms. The van der Waals surface area contributed by atoms with Gasteiger partial charge in [-0.25, -0.2) is 18.4 Å². The van der Waals surface area contributed by atoms with E-state index in [1.54, 1.807) is 0 Å². The number of sulfonamides is 1. The normalized spacial score (nSPS) is 12.1. The maximum Gasteiger partial charge on any atom is 0.245 e. The molecule has 0 saturated carbocycles. The molecule has 0 bridgehead atoms. The van der Waals surface area contributed by atoms with Gasteiger partial charge in [-0.15, -0.1) is 0 Å². The van der Waals surface area contributed by atoms with E-state index in [9.17, 15) is 8.42 Å². The third kappa shape index (κ3) is 5.56. The summed E-state index contributed by atoms with van der Waals surface area (Å²) in [5.74, 6) is 0.432. The molecule has 0 saturated heterocycles. The van der Waals surface area contributed by atoms with Gasteiger partial charge in [0.05, 0.1) is 25.1 Å². The van der Waals surface area contributed by atoms with Gasteiger partial charge in [0.15, 0.2) is 0 Å². The van der Waals surface area contributed by atoms with Crippen molar-refractivity contribution in [1.82, 2.24) is 14.3 Å². The minimum absolute atomic E-state index is 0.0772. The first-order valence-electron chi connectivity index (χ1n) is 7.01. The van der Waals surface area contributed by atoms with Crippen LogP contribution in [0.2, 0.25) is 0 Å². The molecule has 1 N–H and O–H groups in total. The van der Waals surface area contributed by atoms with Gasteiger partial charge in [0, 0.05) is 20.1 Å². The molecule has 0 unspecified atom stereocenters. The van der Waals surface area contributed by atoms with Gasteiger partial charge < -0.3 is 10.1 Å². The number of nitrogens with zero attached hydrogens (tertiary/aromatic N) is 3. The van der Waals surface area contributed by atoms with Crippen LogP contribution in [0.1, 0.15) is 27.2 Å². The Balaban J connectivity index is 2.68. The van der Waals surface area contributed by atoms with Crippen molar-refractivity contribution in [2.75, 3.05) is 32.1 Å². The topological polar surface area (TPSA) is 84.4 Å². The molecule has 0 aromatic carbocycles. The van der Waals surface area contributed by atoms with E-state index in [2.05, 4.69) is 15.3 Å². The molecule has 0 aliphatic heterocycles. The smallest absolute Gasteiger partial charge is 0.245 e. The molecule has 1 aromatic heterocycles. The molecule has 0 aliphatic rings. The van der Waals surface area contributed by atoms with E-state index in [4.69, 9.17) is 4.74 Å². The third-order valence-corrected chi connectivity index (χ3v) is 4.54. The molecule has 0 spiro atoms. The fraction of sp³-hybridized carbons (Fsp3) is 0.692. The summed E-state index contributed by atoms with van der Waals surface area (Å²) in [6.45, 7) is 7.23. The van der Waals surface area contributed by atoms with E-state index in [0.717, 1.165) is 13.0 Å². The Kier molecular flexibility index (Phi) is 7.00. The zero-order chi connectivity index (χ0) is 15.9. The number of ether oxygens (including phenoxy) is 1. The van der Waals surface area contributed by atoms with Crippen LogP contribution < -0.4 is 5.32 Å². The van der Waals surface area contributed by atoms with E-state index in [1.807, 2.05) is 20.8 Å². The van der Waals surface area contributed by atoms with Crippen molar-refractivity contribution in [2.45, 2.75) is 38.2 Å². The molecular formula is C13H24N4O3S. The first kappa shape index (κ1) is 17.8. The Morgan fingerprint density at radius 3 is 2.48 bits per heavy atom. The van der Waals surface area contributed by atoms with E-state index < -0.39 is 10.0 Å². The molecule has 1 rings (SSSR count). The maximum absolute atomic E-state index is 12.3. The average molecular weight is 316 g/mol. The lowest BCUT2D eigenvalue weighted by atomic mass is 10.5. The predicted molar refractivity (Wildman–Crippen MR) is 81.7 cm³/mol. The summed E-state index contributed by atoms with van der Waals surface area (Å²) < 4.78 is 31.2. The van der Waals surface area contributed by atoms with Gasteiger partial charge in [0.25, 0.3) is 0 Å². The molecule has 0 amide bonds. The molecule has 0 atom stereocenters. The Bertz CT molecular complexity index is 517. The standard InChI is InChI=1S/C13H24N4O3S/c1-5-6-14-13-15-9-12(10-16-13)21(18,19)17(4)7-8-20-11(2)3/h9-11H,5-8H2,1-4H3,(H,14,15,16). The van der Waals surface area contributed by atoms with E-state index in [-0.39, 0.29) is 17.5 Å². The Hall–Kier alpha value is -1.25. The predicted octanol–water partition coefficient (Wildman–Crippen LogP) is 1.34. The molecule has 7 nitrogen and oxygen atoms in total. The Morgan fingerprint density at radius 2 is 1.95 bits per heavy atom. The summed E-state index contributed by atoms with van der Waals surface area (Å²) in [7, 11) is -2.06. The van der Waals surface area contributed by atoms with Gasteiger partial charge in [-0.1, -0.05) is 6.92 Å². The van der Waals surface area contributed by atoms with Gasteiger partial charge in [0.2, 0.25) is 16.0 Å². The van der Waals surface area contributed by atoms with Crippen LogP contribution in [0.15, 0.2) is 17.3 Å². The van der Waals surface area contributed by atoms with Crippen molar-refractivity contribution in [3.05, 3.63) is 12.4 Å². The van der Waals surface area contributed by atoms with E-state index in [1.165, 1.54) is 23.7 Å². The maximum atomic E-state index is 12.3. The summed E-state index contributed by atoms with van der Waals surface area (Å²) in [5.41, 5.74) is 0. The second-order valence-corrected chi connectivity index (χ2v) is 6.96. The lowest BCUT2D eigenvalue weighted by Crippen LogP contribution is -2.31. The number of likely N-dealkylation sites (N-methyl/N-ethyl adjacent to an activating group) is 1. The fourth-order valence-electron chi connectivity index (χ4n) is 1.49. The average Bonchev–Trinajstić information content (AvgIpc) is 2.45. The minimum atomic E-state index is -3.57. The first-order chi connectivity index (χ1) is 9.87. The molecule has 1 heterocycles. The molecule has 0 fully saturated rings. The number of hydrogen-bond donors (Lipinski definition) is 1. The van der Waals surface area contributed by atoms with Gasteiger partial charge >= 0.3 is 0 Å². The molecule has 0 aliphatic carbocycles. The summed E-state index contributed by atoms with van der Waals surface area (Å²) in [4.78, 5) is 8.11. The molecule has 0 radical (unpaired) electrons. The highest BCUT2D eigenvalue weighted by atomic mass is 32.2. The van der Waals surface area contributed by atoms with E-state index >= 15 is 0 Å². The van der Waals surface area contributed by atoms with Crippen LogP contribution in [0.3, 0.4) is 0 Å². The monoisotopic (exact) mass is 316 g/mol. The lowest BCUT2D eigenvalue weighted by Gasteiger charge is -2.17. The van der Waals surface area contributed by atoms with E-state index in [0.29, 0.717) is 12.6 Å². The number of anilines is 1. The van der Waals surface area contributed by atoms with Crippen molar-refractivity contribution < 1.29 is 13.2 Å². The summed E-state index contributed by atoms with van der Waals surface area (Å²) in [6, 6.07) is 0. The van der Waals surface area contributed by atoms with Gasteiger partial charge in [-0.2, -0.15) is 4.31 Å². The lowest BCUT2D eigenvalue weighted by molar-refractivity contribution is 0.0737. The second kappa shape index (κ2) is 8.26. The van der Waals surface area contributed by atoms with Crippen molar-refractivity contribution in [2.24, 2.45) is 0 Å². The second-order valence-electron chi connectivity index (χ2n) is 4.92. The van der Waals surface area contributed by atoms with Crippen LogP contribution in [0, 0.1) is 0 Å². The van der Waals surface area contributed by atoms with Crippen molar-refractivity contribution in [3.8, 4) is 0 Å². The zero-order valence-corrected chi connectivity index (χ0v) is 13.9. The third-order valence-electron chi connectivity index (χ3n) is 2.73. The molecule has 1 aromatic rings. The zero-order valence-electron chi connectivity index (χ0n) is 13.0. The highest BCUT2D eigenvalue weighted by Crippen LogP contribution is 2.13. The minimum Gasteiger partial charge on any atom is -0.377 e. The molecular weight excluding hydrogens is 292 g/mol. The van der Waals surface area contributed by atoms with Crippen LogP contribution in [0.25, 0.3) is 0 Å². The van der Waals surface area contributed by atoms with Crippen LogP contribution in [-0.4, -0.2) is 55.5 Å². The number of nitrogens with one attached hydrogen (secondary N) is 1. The first-order valence-corrected chi connectivity index (χ1v) is 8.45. The van der Waals surface area contributed by atoms with Crippen LogP contribution in [0.4, 0.5) is 5.95 Å². The Labute approximate surface area is 126 Å². The van der Waals surface area contributed by atoms with Gasteiger partial charge in [0.1, 0.15) is 4.90 Å². The van der Waals surface area contributed by atoms with Crippen LogP contribution >= 0.6 is 0 Å². The van der Waals surface area contributed by atoms with Crippen LogP contribution in [-0.2, 0) is 14.8 Å². The number of aromatic nitrogens is 2. The fourth-order valence-corrected chi connectivity index (χ4v) is 2.54. The number of hydrogen-bond acceptors (Lipinski definition) is 6. The quantitative estimate of drug-likeness (QED) is 0.740. The van der Waals surface area contributed by atoms with Gasteiger partial charge in [-0.3, -0.25) is 0 Å². The van der Waals surface area contributed by atoms with Crippen LogP contribution in [0.5, 0.6) is 0 Å². The number of rotatable bonds is 9. The van der Waals surface area contributed by atoms with Crippen molar-refractivity contribution in [3.63, 3.8) is 0 Å². The summed E-state index contributed by atoms with van der Waals surface area (Å²) >= 11 is 0. The van der Waals surface area contributed by atoms with Crippen molar-refractivity contribution >= 4 is 16.0 Å². The highest BCUT2D eigenvalue weighted by molar-refractivity contribution is 7.89. The Morgan fingerprint density at radius 1 is 1.33 bits per heavy atom.